The molecular weight excluding hydrogens is 460 g/mol. The number of nitrogens with zero attached hydrogens (tertiary/aromatic N) is 6. The van der Waals surface area contributed by atoms with E-state index in [-0.39, 0.29) is 18.1 Å². The number of aromatic nitrogens is 2. The first-order valence-corrected chi connectivity index (χ1v) is 15.5. The maximum absolute atomic E-state index is 13.6. The minimum atomic E-state index is -2.19. The van der Waals surface area contributed by atoms with Crippen LogP contribution in [-0.4, -0.2) is 93.8 Å². The Kier molecular flexibility index (Phi) is 6.80. The fourth-order valence-electron chi connectivity index (χ4n) is 5.97. The number of benzene rings is 1. The lowest BCUT2D eigenvalue weighted by atomic mass is 9.98. The van der Waals surface area contributed by atoms with Crippen molar-refractivity contribution in [2.45, 2.75) is 63.5 Å². The van der Waals surface area contributed by atoms with Gasteiger partial charge in [0.1, 0.15) is 12.9 Å². The van der Waals surface area contributed by atoms with Crippen molar-refractivity contribution in [1.29, 1.82) is 0 Å². The minimum Gasteiger partial charge on any atom is -0.352 e. The van der Waals surface area contributed by atoms with Crippen LogP contribution in [-0.2, 0) is 16.2 Å². The lowest BCUT2D eigenvalue weighted by Gasteiger charge is -2.45. The fourth-order valence-corrected chi connectivity index (χ4v) is 9.75. The zero-order valence-corrected chi connectivity index (χ0v) is 21.9. The number of amides is 2. The molecule has 0 aliphatic carbocycles. The van der Waals surface area contributed by atoms with E-state index in [1.54, 1.807) is 12.4 Å². The Morgan fingerprint density at radius 3 is 2.57 bits per heavy atom. The van der Waals surface area contributed by atoms with Gasteiger partial charge in [-0.15, -0.1) is 0 Å². The highest BCUT2D eigenvalue weighted by Gasteiger charge is 2.57. The number of rotatable bonds is 5. The summed E-state index contributed by atoms with van der Waals surface area (Å²) >= 11 is 0. The van der Waals surface area contributed by atoms with Crippen molar-refractivity contribution in [2.24, 2.45) is 0 Å². The zero-order chi connectivity index (χ0) is 24.6. The van der Waals surface area contributed by atoms with E-state index in [9.17, 15) is 9.59 Å². The number of hydrogen-bond donors (Lipinski definition) is 0. The molecule has 1 aromatic heterocycles. The van der Waals surface area contributed by atoms with E-state index in [1.165, 1.54) is 16.0 Å². The number of carbonyl (C=O) groups excluding carboxylic acids is 2. The van der Waals surface area contributed by atoms with Gasteiger partial charge in [-0.3, -0.25) is 18.8 Å². The lowest BCUT2D eigenvalue weighted by Crippen LogP contribution is -2.63. The maximum Gasteiger partial charge on any atom is 0.353 e. The van der Waals surface area contributed by atoms with Gasteiger partial charge in [0.15, 0.2) is 0 Å². The molecule has 35 heavy (non-hydrogen) atoms. The van der Waals surface area contributed by atoms with E-state index in [4.69, 9.17) is 4.84 Å². The molecule has 188 valence electrons. The molecule has 9 nitrogen and oxygen atoms in total. The van der Waals surface area contributed by atoms with Crippen molar-refractivity contribution in [3.8, 4) is 0 Å². The van der Waals surface area contributed by atoms with Crippen LogP contribution in [0.2, 0.25) is 13.1 Å². The first-order valence-electron chi connectivity index (χ1n) is 12.6. The highest BCUT2D eigenvalue weighted by Crippen LogP contribution is 2.38. The summed E-state index contributed by atoms with van der Waals surface area (Å²) in [6, 6.07) is 9.74. The van der Waals surface area contributed by atoms with Crippen molar-refractivity contribution < 1.29 is 14.4 Å². The van der Waals surface area contributed by atoms with Crippen LogP contribution in [0.5, 0.6) is 0 Å². The fraction of sp³-hybridized carbons (Fsp3) is 0.560. The van der Waals surface area contributed by atoms with Gasteiger partial charge in [0, 0.05) is 25.0 Å². The Labute approximate surface area is 208 Å². The Hall–Kier alpha value is -2.53. The number of likely N-dealkylation sites (tertiary alicyclic amines) is 1. The van der Waals surface area contributed by atoms with E-state index in [1.807, 2.05) is 30.3 Å². The van der Waals surface area contributed by atoms with Crippen molar-refractivity contribution in [1.82, 2.24) is 28.6 Å². The molecule has 5 rings (SSSR count). The molecule has 1 aromatic carbocycles. The predicted molar refractivity (Wildman–Crippen MR) is 134 cm³/mol. The predicted octanol–water partition coefficient (Wildman–Crippen LogP) is 2.76. The molecule has 2 aromatic rings. The van der Waals surface area contributed by atoms with Gasteiger partial charge in [-0.05, 0) is 64.5 Å². The summed E-state index contributed by atoms with van der Waals surface area (Å²) in [7, 11) is -0.0413. The van der Waals surface area contributed by atoms with Crippen LogP contribution in [0.1, 0.15) is 31.2 Å². The van der Waals surface area contributed by atoms with Gasteiger partial charge in [0.2, 0.25) is 14.3 Å². The van der Waals surface area contributed by atoms with E-state index < -0.39 is 8.40 Å². The summed E-state index contributed by atoms with van der Waals surface area (Å²) < 4.78 is 6.17. The second-order valence-corrected chi connectivity index (χ2v) is 14.5. The minimum absolute atomic E-state index is 0.0770. The van der Waals surface area contributed by atoms with Gasteiger partial charge in [-0.2, -0.15) is 5.06 Å². The number of piperidine rings is 2. The summed E-state index contributed by atoms with van der Waals surface area (Å²) in [5.74, 6) is 0.298. The molecule has 0 radical (unpaired) electrons. The molecule has 0 spiro atoms. The molecular formula is C25H36N6O3Si. The van der Waals surface area contributed by atoms with Crippen LogP contribution in [0.15, 0.2) is 49.1 Å². The third-order valence-electron chi connectivity index (χ3n) is 7.88. The monoisotopic (exact) mass is 496 g/mol. The van der Waals surface area contributed by atoms with E-state index in [0.717, 1.165) is 44.3 Å². The molecule has 3 saturated heterocycles. The number of hydroxylamine groups is 2. The standard InChI is InChI=1S/C25H36N6O3Si/c1-27-14-11-21(12-15-27)31-24(32)23-10-9-22(17-29(23)35(31,2)3)30(25(33)28-16-13-26-19-28)34-18-20-7-5-4-6-8-20/h4-8,13,16,19,21-23H,9-12,14-15,17-18H2,1-3H3/t22-,23+/m1/s1. The molecule has 0 unspecified atom stereocenters. The molecule has 0 bridgehead atoms. The summed E-state index contributed by atoms with van der Waals surface area (Å²) in [5, 5.41) is 1.53. The SMILES string of the molecule is CN1CCC(N2C(=O)[C@@H]3CC[C@@H](N(OCc4ccccc4)C(=O)n4ccnc4)CN3[Si]2(C)C)CC1. The van der Waals surface area contributed by atoms with Gasteiger partial charge >= 0.3 is 6.03 Å². The smallest absolute Gasteiger partial charge is 0.352 e. The van der Waals surface area contributed by atoms with Gasteiger partial charge < -0.3 is 9.47 Å². The molecule has 10 heteroatoms. The molecule has 4 heterocycles. The highest BCUT2D eigenvalue weighted by molar-refractivity contribution is 6.76. The maximum atomic E-state index is 13.6. The molecule has 3 aliphatic heterocycles. The Morgan fingerprint density at radius 2 is 1.89 bits per heavy atom. The van der Waals surface area contributed by atoms with Crippen molar-refractivity contribution in [3.05, 3.63) is 54.6 Å². The summed E-state index contributed by atoms with van der Waals surface area (Å²) in [6.45, 7) is 7.60. The second-order valence-electron chi connectivity index (χ2n) is 10.5. The number of carbonyl (C=O) groups is 2. The van der Waals surface area contributed by atoms with Crippen LogP contribution >= 0.6 is 0 Å². The average molecular weight is 497 g/mol. The molecule has 0 saturated carbocycles. The van der Waals surface area contributed by atoms with E-state index >= 15 is 0 Å². The van der Waals surface area contributed by atoms with Crippen molar-refractivity contribution >= 4 is 20.3 Å². The lowest BCUT2D eigenvalue weighted by molar-refractivity contribution is -0.164. The number of imidazole rings is 1. The quantitative estimate of drug-likeness (QED) is 0.468. The third kappa shape index (κ3) is 4.67. The topological polar surface area (TPSA) is 74.1 Å². The van der Waals surface area contributed by atoms with Crippen molar-refractivity contribution in [2.75, 3.05) is 26.7 Å². The first kappa shape index (κ1) is 24.2. The van der Waals surface area contributed by atoms with Crippen molar-refractivity contribution in [3.63, 3.8) is 0 Å². The summed E-state index contributed by atoms with van der Waals surface area (Å²) in [4.78, 5) is 39.6. The Bertz CT molecular complexity index is 1030. The molecule has 2 amide bonds. The zero-order valence-electron chi connectivity index (χ0n) is 20.9. The van der Waals surface area contributed by atoms with Crippen LogP contribution in [0.3, 0.4) is 0 Å². The molecule has 2 atom stereocenters. The largest absolute Gasteiger partial charge is 0.353 e. The summed E-state index contributed by atoms with van der Waals surface area (Å²) in [6.07, 6.45) is 8.29. The second kappa shape index (κ2) is 9.85. The number of hydrogen-bond acceptors (Lipinski definition) is 6. The van der Waals surface area contributed by atoms with E-state index in [2.05, 4.69) is 39.2 Å². The first-order chi connectivity index (χ1) is 16.9. The highest BCUT2D eigenvalue weighted by atomic mass is 28.3. The Morgan fingerprint density at radius 1 is 1.14 bits per heavy atom. The normalized spacial score (nSPS) is 25.6. The van der Waals surface area contributed by atoms with Crippen LogP contribution in [0.25, 0.3) is 0 Å². The van der Waals surface area contributed by atoms with Gasteiger partial charge in [-0.25, -0.2) is 9.78 Å². The van der Waals surface area contributed by atoms with Gasteiger partial charge in [0.05, 0.1) is 12.1 Å². The van der Waals surface area contributed by atoms with Crippen LogP contribution < -0.4 is 0 Å². The van der Waals surface area contributed by atoms with Gasteiger partial charge in [0.25, 0.3) is 0 Å². The average Bonchev–Trinajstić information content (AvgIpc) is 3.46. The Balaban J connectivity index is 1.36. The molecule has 3 aliphatic rings. The van der Waals surface area contributed by atoms with Gasteiger partial charge in [-0.1, -0.05) is 30.3 Å². The summed E-state index contributed by atoms with van der Waals surface area (Å²) in [5.41, 5.74) is 1.00. The van der Waals surface area contributed by atoms with E-state index in [0.29, 0.717) is 25.1 Å². The molecule has 3 fully saturated rings. The third-order valence-corrected chi connectivity index (χ3v) is 11.5. The molecule has 0 N–H and O–H groups in total. The number of fused-ring (bicyclic) bond motifs is 1. The van der Waals surface area contributed by atoms with Crippen LogP contribution in [0, 0.1) is 0 Å². The van der Waals surface area contributed by atoms with Crippen LogP contribution in [0.4, 0.5) is 4.79 Å².